The Morgan fingerprint density at radius 3 is 2.40 bits per heavy atom. The summed E-state index contributed by atoms with van der Waals surface area (Å²) in [6.07, 6.45) is 3.73. The minimum absolute atomic E-state index is 0.0157. The summed E-state index contributed by atoms with van der Waals surface area (Å²) in [5.41, 5.74) is -1.27. The topological polar surface area (TPSA) is 115 Å². The lowest BCUT2D eigenvalue weighted by molar-refractivity contribution is -0.122. The molecule has 0 bridgehead atoms. The molecule has 180 valence electrons. The van der Waals surface area contributed by atoms with Gasteiger partial charge in [-0.2, -0.15) is 0 Å². The molecule has 5 rings (SSSR count). The third kappa shape index (κ3) is 4.34. The second-order valence-corrected chi connectivity index (χ2v) is 8.61. The molecule has 2 N–H and O–H groups in total. The number of rotatable bonds is 6. The summed E-state index contributed by atoms with van der Waals surface area (Å²) >= 11 is 0. The van der Waals surface area contributed by atoms with Gasteiger partial charge in [0.25, 0.3) is 5.56 Å². The molecule has 4 aromatic rings. The van der Waals surface area contributed by atoms with Gasteiger partial charge in [-0.3, -0.25) is 19.0 Å². The van der Waals surface area contributed by atoms with Gasteiger partial charge in [0.2, 0.25) is 17.4 Å². The maximum Gasteiger partial charge on any atom is 0.332 e. The van der Waals surface area contributed by atoms with Crippen LogP contribution in [-0.2, 0) is 22.7 Å². The third-order valence-electron chi connectivity index (χ3n) is 6.21. The number of carbonyl (C=O) groups is 2. The molecule has 2 aromatic heterocycles. The molecule has 0 spiro atoms. The summed E-state index contributed by atoms with van der Waals surface area (Å²) < 4.78 is 21.6. The van der Waals surface area contributed by atoms with Crippen molar-refractivity contribution in [3.63, 3.8) is 0 Å². The molecule has 0 saturated heterocycles. The lowest BCUT2D eigenvalue weighted by Crippen LogP contribution is -2.46. The van der Waals surface area contributed by atoms with Crippen molar-refractivity contribution in [1.82, 2.24) is 14.5 Å². The van der Waals surface area contributed by atoms with E-state index in [0.29, 0.717) is 11.0 Å². The fourth-order valence-corrected chi connectivity index (χ4v) is 4.56. The number of carbonyl (C=O) groups excluding carboxylic acids is 2. The van der Waals surface area contributed by atoms with Crippen molar-refractivity contribution in [3.05, 3.63) is 75.2 Å². The minimum Gasteiger partial charge on any atom is -0.449 e. The molecule has 0 aliphatic heterocycles. The highest BCUT2D eigenvalue weighted by Gasteiger charge is 2.24. The van der Waals surface area contributed by atoms with Gasteiger partial charge < -0.3 is 15.1 Å². The second kappa shape index (κ2) is 9.21. The molecule has 0 unspecified atom stereocenters. The number of nitrogens with one attached hydrogen (secondary N) is 2. The van der Waals surface area contributed by atoms with Gasteiger partial charge in [0.1, 0.15) is 30.0 Å². The molecule has 1 fully saturated rings. The number of hydrogen-bond acceptors (Lipinski definition) is 5. The minimum atomic E-state index is -0.834. The van der Waals surface area contributed by atoms with Gasteiger partial charge >= 0.3 is 5.69 Å². The van der Waals surface area contributed by atoms with Crippen molar-refractivity contribution in [1.29, 1.82) is 0 Å². The van der Waals surface area contributed by atoms with Gasteiger partial charge in [-0.05, 0) is 37.1 Å². The fraction of sp³-hybridized carbons (Fsp3) is 0.280. The Morgan fingerprint density at radius 1 is 0.943 bits per heavy atom. The average molecular weight is 478 g/mol. The van der Waals surface area contributed by atoms with E-state index in [1.807, 2.05) is 0 Å². The van der Waals surface area contributed by atoms with Crippen molar-refractivity contribution in [3.8, 4) is 0 Å². The maximum absolute atomic E-state index is 14.0. The lowest BCUT2D eigenvalue weighted by Gasteiger charge is -2.14. The van der Waals surface area contributed by atoms with E-state index in [0.717, 1.165) is 34.8 Å². The van der Waals surface area contributed by atoms with Crippen LogP contribution >= 0.6 is 0 Å². The highest BCUT2D eigenvalue weighted by molar-refractivity contribution is 6.03. The number of nitrogens with zero attached hydrogens (tertiary/aromatic N) is 2. The van der Waals surface area contributed by atoms with Gasteiger partial charge in [0, 0.05) is 11.4 Å². The number of anilines is 1. The summed E-state index contributed by atoms with van der Waals surface area (Å²) in [6.45, 7) is -1.02. The molecular formula is C25H23FN4O5. The number of furan rings is 1. The third-order valence-corrected chi connectivity index (χ3v) is 6.21. The molecular weight excluding hydrogens is 455 g/mol. The number of benzene rings is 2. The Kier molecular flexibility index (Phi) is 5.94. The number of amides is 2. The van der Waals surface area contributed by atoms with Crippen LogP contribution < -0.4 is 21.9 Å². The molecule has 9 nitrogen and oxygen atoms in total. The Bertz CT molecular complexity index is 1560. The number of fused-ring (bicyclic) bond motifs is 3. The van der Waals surface area contributed by atoms with Crippen LogP contribution in [0.25, 0.3) is 22.1 Å². The number of aromatic nitrogens is 2. The lowest BCUT2D eigenvalue weighted by atomic mass is 10.2. The van der Waals surface area contributed by atoms with Gasteiger partial charge in [-0.25, -0.2) is 13.8 Å². The van der Waals surface area contributed by atoms with E-state index in [1.165, 1.54) is 18.2 Å². The molecule has 0 radical (unpaired) electrons. The van der Waals surface area contributed by atoms with Crippen LogP contribution in [0.4, 0.5) is 10.1 Å². The standard InChI is InChI=1S/C25H23FN4O5/c26-17-10-4-5-11-18(17)28-21(32)13-29-22-16-9-3-6-12-19(16)35-23(22)24(33)30(25(29)34)14-20(31)27-15-7-1-2-8-15/h3-6,9-12,15H,1-2,7-8,13-14H2,(H,27,31)(H,28,32). The predicted octanol–water partition coefficient (Wildman–Crippen LogP) is 2.75. The first-order valence-electron chi connectivity index (χ1n) is 11.4. The molecule has 2 heterocycles. The van der Waals surface area contributed by atoms with Crippen LogP contribution in [0.15, 0.2) is 62.5 Å². The molecule has 10 heteroatoms. The van der Waals surface area contributed by atoms with Crippen LogP contribution in [-0.4, -0.2) is 27.0 Å². The Morgan fingerprint density at radius 2 is 1.63 bits per heavy atom. The normalized spacial score (nSPS) is 14.0. The molecule has 35 heavy (non-hydrogen) atoms. The number of para-hydroxylation sites is 2. The summed E-state index contributed by atoms with van der Waals surface area (Å²) in [5, 5.41) is 5.77. The van der Waals surface area contributed by atoms with Crippen molar-refractivity contribution in [2.45, 2.75) is 44.8 Å². The van der Waals surface area contributed by atoms with Gasteiger partial charge in [-0.15, -0.1) is 0 Å². The molecule has 1 aliphatic rings. The Labute approximate surface area is 198 Å². The fourth-order valence-electron chi connectivity index (χ4n) is 4.56. The monoisotopic (exact) mass is 478 g/mol. The van der Waals surface area contributed by atoms with E-state index in [2.05, 4.69) is 10.6 Å². The van der Waals surface area contributed by atoms with Crippen LogP contribution in [0, 0.1) is 5.82 Å². The Balaban J connectivity index is 1.57. The molecule has 2 aromatic carbocycles. The Hall–Kier alpha value is -4.21. The van der Waals surface area contributed by atoms with Crippen molar-refractivity contribution < 1.29 is 18.4 Å². The van der Waals surface area contributed by atoms with Crippen LogP contribution in [0.2, 0.25) is 0 Å². The van der Waals surface area contributed by atoms with Gasteiger partial charge in [-0.1, -0.05) is 37.1 Å². The zero-order valence-electron chi connectivity index (χ0n) is 18.8. The smallest absolute Gasteiger partial charge is 0.332 e. The van der Waals surface area contributed by atoms with Gasteiger partial charge in [0.15, 0.2) is 0 Å². The average Bonchev–Trinajstić information content (AvgIpc) is 3.49. The molecule has 1 aliphatic carbocycles. The van der Waals surface area contributed by atoms with E-state index in [9.17, 15) is 23.6 Å². The van der Waals surface area contributed by atoms with Crippen LogP contribution in [0.1, 0.15) is 25.7 Å². The summed E-state index contributed by atoms with van der Waals surface area (Å²) in [6, 6.07) is 12.4. The van der Waals surface area contributed by atoms with Gasteiger partial charge in [0.05, 0.1) is 5.69 Å². The van der Waals surface area contributed by atoms with Crippen LogP contribution in [0.5, 0.6) is 0 Å². The number of hydrogen-bond donors (Lipinski definition) is 2. The number of halogens is 1. The second-order valence-electron chi connectivity index (χ2n) is 8.61. The zero-order chi connectivity index (χ0) is 24.5. The van der Waals surface area contributed by atoms with Crippen molar-refractivity contribution in [2.75, 3.05) is 5.32 Å². The molecule has 2 amide bonds. The SMILES string of the molecule is O=C(Cn1c(=O)n(CC(=O)NC2CCCC2)c(=O)c2oc3ccccc3c21)Nc1ccccc1F. The highest BCUT2D eigenvalue weighted by atomic mass is 19.1. The van der Waals surface area contributed by atoms with E-state index in [4.69, 9.17) is 4.42 Å². The first-order chi connectivity index (χ1) is 16.9. The highest BCUT2D eigenvalue weighted by Crippen LogP contribution is 2.25. The first kappa shape index (κ1) is 22.6. The molecule has 1 saturated carbocycles. The maximum atomic E-state index is 14.0. The van der Waals surface area contributed by atoms with Crippen molar-refractivity contribution >= 4 is 39.6 Å². The summed E-state index contributed by atoms with van der Waals surface area (Å²) in [4.78, 5) is 52.0. The predicted molar refractivity (Wildman–Crippen MR) is 128 cm³/mol. The molecule has 0 atom stereocenters. The van der Waals surface area contributed by atoms with E-state index in [1.54, 1.807) is 30.3 Å². The largest absolute Gasteiger partial charge is 0.449 e. The summed E-state index contributed by atoms with van der Waals surface area (Å²) in [7, 11) is 0. The van der Waals surface area contributed by atoms with E-state index < -0.39 is 42.0 Å². The zero-order valence-corrected chi connectivity index (χ0v) is 18.8. The van der Waals surface area contributed by atoms with Crippen LogP contribution in [0.3, 0.4) is 0 Å². The quantitative estimate of drug-likeness (QED) is 0.442. The van der Waals surface area contributed by atoms with E-state index >= 15 is 0 Å². The first-order valence-corrected chi connectivity index (χ1v) is 11.4. The summed E-state index contributed by atoms with van der Waals surface area (Å²) in [5.74, 6) is -1.76. The van der Waals surface area contributed by atoms with Crippen molar-refractivity contribution in [2.24, 2.45) is 0 Å². The van der Waals surface area contributed by atoms with E-state index in [-0.39, 0.29) is 22.8 Å².